The summed E-state index contributed by atoms with van der Waals surface area (Å²) in [5, 5.41) is 13.7. The second-order valence-corrected chi connectivity index (χ2v) is 5.71. The van der Waals surface area contributed by atoms with E-state index in [0.29, 0.717) is 24.0 Å². The first kappa shape index (κ1) is 15.4. The predicted molar refractivity (Wildman–Crippen MR) is 78.9 cm³/mol. The Hall–Kier alpha value is -1.96. The first-order chi connectivity index (χ1) is 9.88. The van der Waals surface area contributed by atoms with Gasteiger partial charge in [-0.25, -0.2) is 0 Å². The number of nitrogens with one attached hydrogen (secondary N) is 1. The van der Waals surface area contributed by atoms with Crippen molar-refractivity contribution in [1.29, 1.82) is 0 Å². The fraction of sp³-hybridized carbons (Fsp3) is 0.385. The third kappa shape index (κ3) is 3.57. The minimum atomic E-state index is -0.537. The van der Waals surface area contributed by atoms with Crippen LogP contribution in [0.5, 0.6) is 0 Å². The number of carbonyl (C=O) groups is 2. The molecular weight excluding hydrogens is 342 g/mol. The number of likely N-dealkylation sites (tertiary alicyclic amines) is 1. The Morgan fingerprint density at radius 3 is 2.81 bits per heavy atom. The van der Waals surface area contributed by atoms with Crippen LogP contribution in [0, 0.1) is 10.1 Å². The molecule has 0 bridgehead atoms. The number of amides is 2. The average molecular weight is 356 g/mol. The Morgan fingerprint density at radius 1 is 1.48 bits per heavy atom. The van der Waals surface area contributed by atoms with E-state index in [2.05, 4.69) is 21.2 Å². The van der Waals surface area contributed by atoms with Gasteiger partial charge in [-0.1, -0.05) is 0 Å². The zero-order chi connectivity index (χ0) is 15.6. The molecule has 1 aromatic carbocycles. The maximum atomic E-state index is 12.3. The van der Waals surface area contributed by atoms with Crippen LogP contribution in [0.15, 0.2) is 22.7 Å². The number of nitrogens with zero attached hydrogens (tertiary/aromatic N) is 2. The minimum Gasteiger partial charge on any atom is -0.352 e. The van der Waals surface area contributed by atoms with Gasteiger partial charge in [-0.15, -0.1) is 0 Å². The number of nitro benzene ring substituents is 1. The second-order valence-electron chi connectivity index (χ2n) is 4.86. The molecule has 0 aliphatic carbocycles. The molecule has 112 valence electrons. The molecule has 1 aliphatic rings. The largest absolute Gasteiger partial charge is 0.352 e. The number of rotatable bonds is 3. The molecule has 1 fully saturated rings. The van der Waals surface area contributed by atoms with Crippen LogP contribution in [-0.4, -0.2) is 40.8 Å². The van der Waals surface area contributed by atoms with Gasteiger partial charge in [0.1, 0.15) is 0 Å². The summed E-state index contributed by atoms with van der Waals surface area (Å²) in [5.41, 5.74) is 0.131. The number of nitro groups is 1. The SMILES string of the molecule is CC(=O)NC1CCN(C(=O)c2ccc(Br)c([N+](=O)[O-])c2)C1. The van der Waals surface area contributed by atoms with Gasteiger partial charge in [0.05, 0.1) is 9.40 Å². The highest BCUT2D eigenvalue weighted by Crippen LogP contribution is 2.26. The van der Waals surface area contributed by atoms with Crippen molar-refractivity contribution in [2.24, 2.45) is 0 Å². The molecule has 1 heterocycles. The lowest BCUT2D eigenvalue weighted by atomic mass is 10.2. The van der Waals surface area contributed by atoms with Crippen LogP contribution in [-0.2, 0) is 4.79 Å². The summed E-state index contributed by atoms with van der Waals surface area (Å²) in [5.74, 6) is -0.396. The lowest BCUT2D eigenvalue weighted by Gasteiger charge is -2.17. The Kier molecular flexibility index (Phi) is 4.56. The van der Waals surface area contributed by atoms with E-state index in [1.165, 1.54) is 19.1 Å². The van der Waals surface area contributed by atoms with Gasteiger partial charge in [-0.3, -0.25) is 19.7 Å². The zero-order valence-corrected chi connectivity index (χ0v) is 12.9. The Balaban J connectivity index is 2.12. The Bertz CT molecular complexity index is 605. The van der Waals surface area contributed by atoms with Crippen LogP contribution in [0.4, 0.5) is 5.69 Å². The van der Waals surface area contributed by atoms with Crippen LogP contribution in [0.3, 0.4) is 0 Å². The lowest BCUT2D eigenvalue weighted by molar-refractivity contribution is -0.385. The van der Waals surface area contributed by atoms with E-state index in [0.717, 1.165) is 0 Å². The molecule has 0 radical (unpaired) electrons. The van der Waals surface area contributed by atoms with Crippen molar-refractivity contribution in [2.75, 3.05) is 13.1 Å². The number of hydrogen-bond donors (Lipinski definition) is 1. The number of carbonyl (C=O) groups excluding carboxylic acids is 2. The highest BCUT2D eigenvalue weighted by molar-refractivity contribution is 9.10. The first-order valence-corrected chi connectivity index (χ1v) is 7.18. The summed E-state index contributed by atoms with van der Waals surface area (Å²) in [7, 11) is 0. The molecule has 0 aromatic heterocycles. The predicted octanol–water partition coefficient (Wildman–Crippen LogP) is 1.71. The summed E-state index contributed by atoms with van der Waals surface area (Å²) < 4.78 is 0.335. The quantitative estimate of drug-likeness (QED) is 0.659. The van der Waals surface area contributed by atoms with Crippen molar-refractivity contribution in [2.45, 2.75) is 19.4 Å². The highest BCUT2D eigenvalue weighted by atomic mass is 79.9. The molecule has 1 saturated heterocycles. The molecule has 0 saturated carbocycles. The van der Waals surface area contributed by atoms with E-state index in [9.17, 15) is 19.7 Å². The van der Waals surface area contributed by atoms with Crippen LogP contribution in [0.2, 0.25) is 0 Å². The highest BCUT2D eigenvalue weighted by Gasteiger charge is 2.28. The van der Waals surface area contributed by atoms with Crippen molar-refractivity contribution >= 4 is 33.4 Å². The van der Waals surface area contributed by atoms with Crippen LogP contribution < -0.4 is 5.32 Å². The molecule has 0 spiro atoms. The van der Waals surface area contributed by atoms with Crippen LogP contribution in [0.25, 0.3) is 0 Å². The van der Waals surface area contributed by atoms with E-state index in [1.54, 1.807) is 11.0 Å². The van der Waals surface area contributed by atoms with Gasteiger partial charge in [-0.2, -0.15) is 0 Å². The smallest absolute Gasteiger partial charge is 0.284 e. The lowest BCUT2D eigenvalue weighted by Crippen LogP contribution is -2.37. The standard InChI is InChI=1S/C13H14BrN3O4/c1-8(18)15-10-4-5-16(7-10)13(19)9-2-3-11(14)12(6-9)17(20)21/h2-3,6,10H,4-5,7H2,1H3,(H,15,18). The second kappa shape index (κ2) is 6.21. The Morgan fingerprint density at radius 2 is 2.19 bits per heavy atom. The summed E-state index contributed by atoms with van der Waals surface area (Å²) >= 11 is 3.09. The van der Waals surface area contributed by atoms with Crippen LogP contribution >= 0.6 is 15.9 Å². The van der Waals surface area contributed by atoms with Gasteiger partial charge in [0.15, 0.2) is 0 Å². The maximum Gasteiger partial charge on any atom is 0.284 e. The molecule has 2 amide bonds. The third-order valence-corrected chi connectivity index (χ3v) is 3.94. The molecule has 1 N–H and O–H groups in total. The fourth-order valence-corrected chi connectivity index (χ4v) is 2.71. The number of halogens is 1. The minimum absolute atomic E-state index is 0.0584. The first-order valence-electron chi connectivity index (χ1n) is 6.39. The zero-order valence-electron chi connectivity index (χ0n) is 11.3. The van der Waals surface area contributed by atoms with Gasteiger partial charge < -0.3 is 10.2 Å². The molecule has 1 atom stereocenters. The molecule has 8 heteroatoms. The van der Waals surface area contributed by atoms with Crippen molar-refractivity contribution in [1.82, 2.24) is 10.2 Å². The van der Waals surface area contributed by atoms with Crippen molar-refractivity contribution in [3.05, 3.63) is 38.3 Å². The van der Waals surface area contributed by atoms with Crippen molar-refractivity contribution in [3.63, 3.8) is 0 Å². The topological polar surface area (TPSA) is 92.6 Å². The van der Waals surface area contributed by atoms with Gasteiger partial charge in [-0.05, 0) is 34.5 Å². The van der Waals surface area contributed by atoms with Gasteiger partial charge in [0, 0.05) is 37.7 Å². The number of hydrogen-bond acceptors (Lipinski definition) is 4. The van der Waals surface area contributed by atoms with E-state index >= 15 is 0 Å². The van der Waals surface area contributed by atoms with E-state index in [-0.39, 0.29) is 29.1 Å². The summed E-state index contributed by atoms with van der Waals surface area (Å²) in [6.07, 6.45) is 0.684. The van der Waals surface area contributed by atoms with Crippen molar-refractivity contribution in [3.8, 4) is 0 Å². The Labute approximate surface area is 129 Å². The van der Waals surface area contributed by atoms with Gasteiger partial charge in [0.25, 0.3) is 11.6 Å². The van der Waals surface area contributed by atoms with Crippen LogP contribution in [0.1, 0.15) is 23.7 Å². The van der Waals surface area contributed by atoms with E-state index in [4.69, 9.17) is 0 Å². The summed E-state index contributed by atoms with van der Waals surface area (Å²) in [4.78, 5) is 35.3. The molecule has 1 aliphatic heterocycles. The van der Waals surface area contributed by atoms with Gasteiger partial charge in [0.2, 0.25) is 5.91 Å². The average Bonchev–Trinajstić information content (AvgIpc) is 2.85. The fourth-order valence-electron chi connectivity index (χ4n) is 2.32. The van der Waals surface area contributed by atoms with Crippen molar-refractivity contribution < 1.29 is 14.5 Å². The number of benzene rings is 1. The summed E-state index contributed by atoms with van der Waals surface area (Å²) in [6.45, 7) is 2.37. The van der Waals surface area contributed by atoms with E-state index in [1.807, 2.05) is 0 Å². The molecule has 21 heavy (non-hydrogen) atoms. The normalized spacial score (nSPS) is 17.6. The monoisotopic (exact) mass is 355 g/mol. The molecular formula is C13H14BrN3O4. The molecule has 7 nitrogen and oxygen atoms in total. The molecule has 1 unspecified atom stereocenters. The maximum absolute atomic E-state index is 12.3. The molecule has 1 aromatic rings. The third-order valence-electron chi connectivity index (χ3n) is 3.27. The molecule has 2 rings (SSSR count). The summed E-state index contributed by atoms with van der Waals surface area (Å²) in [6, 6.07) is 4.24. The van der Waals surface area contributed by atoms with E-state index < -0.39 is 4.92 Å². The van der Waals surface area contributed by atoms with Gasteiger partial charge >= 0.3 is 0 Å².